The predicted octanol–water partition coefficient (Wildman–Crippen LogP) is 1.80. The lowest BCUT2D eigenvalue weighted by atomic mass is 10.2. The minimum atomic E-state index is 0.103. The van der Waals surface area contributed by atoms with E-state index >= 15 is 0 Å². The van der Waals surface area contributed by atoms with Gasteiger partial charge < -0.3 is 14.9 Å². The maximum absolute atomic E-state index is 5.93. The molecule has 2 N–H and O–H groups in total. The van der Waals surface area contributed by atoms with Crippen molar-refractivity contribution < 1.29 is 9.15 Å². The summed E-state index contributed by atoms with van der Waals surface area (Å²) in [7, 11) is 0. The average Bonchev–Trinajstić information content (AvgIpc) is 2.53. The van der Waals surface area contributed by atoms with Gasteiger partial charge in [-0.25, -0.2) is 0 Å². The number of rotatable bonds is 4. The van der Waals surface area contributed by atoms with Crippen LogP contribution in [-0.2, 0) is 4.74 Å². The molecule has 3 nitrogen and oxygen atoms in total. The number of hydrogen-bond acceptors (Lipinski definition) is 4. The fourth-order valence-electron chi connectivity index (χ4n) is 1.40. The van der Waals surface area contributed by atoms with Crippen LogP contribution >= 0.6 is 11.8 Å². The highest BCUT2D eigenvalue weighted by molar-refractivity contribution is 8.00. The third-order valence-corrected chi connectivity index (χ3v) is 3.86. The molecule has 1 aliphatic rings. The van der Waals surface area contributed by atoms with Crippen molar-refractivity contribution in [1.29, 1.82) is 0 Å². The molecule has 0 spiro atoms. The molecule has 78 valence electrons. The van der Waals surface area contributed by atoms with Crippen molar-refractivity contribution >= 4 is 11.8 Å². The largest absolute Gasteiger partial charge is 0.468 e. The van der Waals surface area contributed by atoms with E-state index in [1.165, 1.54) is 0 Å². The van der Waals surface area contributed by atoms with Crippen LogP contribution in [-0.4, -0.2) is 24.5 Å². The van der Waals surface area contributed by atoms with Gasteiger partial charge in [-0.05, 0) is 19.1 Å². The average molecular weight is 213 g/mol. The third kappa shape index (κ3) is 2.13. The molecular formula is C10H15NO2S. The van der Waals surface area contributed by atoms with Crippen LogP contribution in [0.15, 0.2) is 22.8 Å². The molecule has 0 radical (unpaired) electrons. The summed E-state index contributed by atoms with van der Waals surface area (Å²) >= 11 is 1.85. The summed E-state index contributed by atoms with van der Waals surface area (Å²) in [6.45, 7) is 3.70. The summed E-state index contributed by atoms with van der Waals surface area (Å²) in [5.74, 6) is 0.969. The van der Waals surface area contributed by atoms with Crippen LogP contribution in [0.4, 0.5) is 0 Å². The molecule has 0 aromatic carbocycles. The van der Waals surface area contributed by atoms with Gasteiger partial charge in [0.15, 0.2) is 0 Å². The number of nitrogens with two attached hydrogens (primary N) is 1. The quantitative estimate of drug-likeness (QED) is 0.828. The molecule has 1 aliphatic heterocycles. The molecule has 2 unspecified atom stereocenters. The Kier molecular flexibility index (Phi) is 3.15. The van der Waals surface area contributed by atoms with Gasteiger partial charge in [-0.1, -0.05) is 0 Å². The van der Waals surface area contributed by atoms with Gasteiger partial charge in [0.2, 0.25) is 0 Å². The van der Waals surface area contributed by atoms with Crippen molar-refractivity contribution in [3.63, 3.8) is 0 Å². The molecule has 1 aromatic rings. The summed E-state index contributed by atoms with van der Waals surface area (Å²) in [5, 5.41) is 0.829. The van der Waals surface area contributed by atoms with Crippen LogP contribution in [0, 0.1) is 0 Å². The second kappa shape index (κ2) is 4.38. The van der Waals surface area contributed by atoms with Crippen molar-refractivity contribution in [2.75, 3.05) is 13.2 Å². The Bertz CT molecular complexity index is 270. The third-order valence-electron chi connectivity index (χ3n) is 2.25. The molecule has 2 atom stereocenters. The second-order valence-electron chi connectivity index (χ2n) is 3.59. The zero-order valence-electron chi connectivity index (χ0n) is 8.18. The highest BCUT2D eigenvalue weighted by atomic mass is 32.2. The summed E-state index contributed by atoms with van der Waals surface area (Å²) in [6.07, 6.45) is 1.70. The zero-order chi connectivity index (χ0) is 9.97. The molecule has 1 fully saturated rings. The molecule has 0 saturated carbocycles. The van der Waals surface area contributed by atoms with E-state index in [1.807, 2.05) is 30.8 Å². The topological polar surface area (TPSA) is 48.4 Å². The van der Waals surface area contributed by atoms with Gasteiger partial charge in [-0.3, -0.25) is 0 Å². The molecule has 0 aliphatic carbocycles. The van der Waals surface area contributed by atoms with Gasteiger partial charge in [0, 0.05) is 6.04 Å². The van der Waals surface area contributed by atoms with Gasteiger partial charge in [-0.2, -0.15) is 0 Å². The van der Waals surface area contributed by atoms with Crippen molar-refractivity contribution in [3.05, 3.63) is 24.2 Å². The normalized spacial score (nSPS) is 21.6. The van der Waals surface area contributed by atoms with Gasteiger partial charge in [0.25, 0.3) is 0 Å². The first kappa shape index (κ1) is 10.1. The molecule has 0 amide bonds. The minimum absolute atomic E-state index is 0.103. The van der Waals surface area contributed by atoms with E-state index in [0.717, 1.165) is 19.0 Å². The highest BCUT2D eigenvalue weighted by Gasteiger charge is 2.28. The minimum Gasteiger partial charge on any atom is -0.468 e. The van der Waals surface area contributed by atoms with E-state index in [1.54, 1.807) is 6.26 Å². The fraction of sp³-hybridized carbons (Fsp3) is 0.600. The Morgan fingerprint density at radius 3 is 2.79 bits per heavy atom. The first-order valence-corrected chi connectivity index (χ1v) is 5.74. The Labute approximate surface area is 88.0 Å². The lowest BCUT2D eigenvalue weighted by Crippen LogP contribution is -2.34. The van der Waals surface area contributed by atoms with Gasteiger partial charge in [0.1, 0.15) is 5.76 Å². The number of hydrogen-bond donors (Lipinski definition) is 1. The fourth-order valence-corrected chi connectivity index (χ4v) is 2.68. The Balaban J connectivity index is 2.00. The Morgan fingerprint density at radius 2 is 2.36 bits per heavy atom. The molecule has 1 saturated heterocycles. The summed E-state index contributed by atoms with van der Waals surface area (Å²) in [5.41, 5.74) is 5.93. The molecule has 2 rings (SSSR count). The molecule has 4 heteroatoms. The number of thioether (sulfide) groups is 1. The lowest BCUT2D eigenvalue weighted by molar-refractivity contribution is 0.0452. The van der Waals surface area contributed by atoms with Crippen molar-refractivity contribution in [2.45, 2.75) is 23.5 Å². The van der Waals surface area contributed by atoms with E-state index in [0.29, 0.717) is 5.25 Å². The standard InChI is InChI=1S/C10H15NO2S/c1-7(11)10(9-3-2-4-13-9)14-8-5-12-6-8/h2-4,7-8,10H,5-6,11H2,1H3. The van der Waals surface area contributed by atoms with Crippen LogP contribution in [0.1, 0.15) is 17.9 Å². The van der Waals surface area contributed by atoms with E-state index in [9.17, 15) is 0 Å². The highest BCUT2D eigenvalue weighted by Crippen LogP contribution is 2.37. The van der Waals surface area contributed by atoms with E-state index in [-0.39, 0.29) is 11.3 Å². The van der Waals surface area contributed by atoms with Crippen LogP contribution in [0.5, 0.6) is 0 Å². The molecule has 0 bridgehead atoms. The van der Waals surface area contributed by atoms with Crippen LogP contribution in [0.3, 0.4) is 0 Å². The van der Waals surface area contributed by atoms with Crippen LogP contribution in [0.2, 0.25) is 0 Å². The smallest absolute Gasteiger partial charge is 0.118 e. The summed E-state index contributed by atoms with van der Waals surface area (Å²) in [6, 6.07) is 4.00. The van der Waals surface area contributed by atoms with E-state index < -0.39 is 0 Å². The van der Waals surface area contributed by atoms with Crippen LogP contribution < -0.4 is 5.73 Å². The van der Waals surface area contributed by atoms with E-state index in [2.05, 4.69) is 0 Å². The summed E-state index contributed by atoms with van der Waals surface area (Å²) < 4.78 is 10.5. The van der Waals surface area contributed by atoms with Gasteiger partial charge >= 0.3 is 0 Å². The predicted molar refractivity (Wildman–Crippen MR) is 57.3 cm³/mol. The molecule has 14 heavy (non-hydrogen) atoms. The SMILES string of the molecule is CC(N)C(SC1COC1)c1ccco1. The van der Waals surface area contributed by atoms with Gasteiger partial charge in [-0.15, -0.1) is 11.8 Å². The molecular weight excluding hydrogens is 198 g/mol. The second-order valence-corrected chi connectivity index (χ2v) is 5.04. The maximum atomic E-state index is 5.93. The first-order valence-electron chi connectivity index (χ1n) is 4.79. The van der Waals surface area contributed by atoms with Crippen molar-refractivity contribution in [2.24, 2.45) is 5.73 Å². The maximum Gasteiger partial charge on any atom is 0.118 e. The molecule has 2 heterocycles. The van der Waals surface area contributed by atoms with Gasteiger partial charge in [0.05, 0.1) is 30.0 Å². The van der Waals surface area contributed by atoms with Crippen molar-refractivity contribution in [1.82, 2.24) is 0 Å². The summed E-state index contributed by atoms with van der Waals surface area (Å²) in [4.78, 5) is 0. The van der Waals surface area contributed by atoms with E-state index in [4.69, 9.17) is 14.9 Å². The Hall–Kier alpha value is -0.450. The lowest BCUT2D eigenvalue weighted by Gasteiger charge is -2.30. The van der Waals surface area contributed by atoms with Crippen LogP contribution in [0.25, 0.3) is 0 Å². The number of ether oxygens (including phenoxy) is 1. The number of furan rings is 1. The first-order chi connectivity index (χ1) is 6.77. The zero-order valence-corrected chi connectivity index (χ0v) is 9.00. The molecule has 1 aromatic heterocycles. The monoisotopic (exact) mass is 213 g/mol. The Morgan fingerprint density at radius 1 is 1.57 bits per heavy atom. The van der Waals surface area contributed by atoms with Crippen molar-refractivity contribution in [3.8, 4) is 0 Å².